The number of anilines is 1. The Morgan fingerprint density at radius 2 is 1.92 bits per heavy atom. The topological polar surface area (TPSA) is 148 Å². The molecule has 0 fully saturated rings. The molecule has 0 saturated heterocycles. The highest BCUT2D eigenvalue weighted by atomic mass is 16.5. The quantitative estimate of drug-likeness (QED) is 0.256. The summed E-state index contributed by atoms with van der Waals surface area (Å²) in [6.45, 7) is 2.20. The molecule has 36 heavy (non-hydrogen) atoms. The third kappa shape index (κ3) is 4.10. The van der Waals surface area contributed by atoms with Crippen LogP contribution in [0, 0.1) is 6.92 Å². The number of benzene rings is 2. The van der Waals surface area contributed by atoms with Crippen LogP contribution in [-0.4, -0.2) is 49.5 Å². The molecular weight excluding hydrogens is 459 g/mol. The summed E-state index contributed by atoms with van der Waals surface area (Å²) in [5.74, 6) is 0.953. The lowest BCUT2D eigenvalue weighted by Gasteiger charge is -2.14. The highest BCUT2D eigenvalue weighted by Gasteiger charge is 2.20. The number of imidazole rings is 1. The minimum Gasteiger partial charge on any atom is -0.494 e. The maximum absolute atomic E-state index is 12.0. The van der Waals surface area contributed by atoms with Crippen molar-refractivity contribution in [1.82, 2.24) is 19.4 Å². The van der Waals surface area contributed by atoms with Crippen LogP contribution in [0.2, 0.25) is 0 Å². The zero-order chi connectivity index (χ0) is 25.4. The van der Waals surface area contributed by atoms with Gasteiger partial charge in [0.05, 0.1) is 18.4 Å². The van der Waals surface area contributed by atoms with E-state index in [1.165, 1.54) is 0 Å². The molecule has 180 valence electrons. The number of pyridine rings is 1. The number of aryl methyl sites for hydroxylation is 1. The summed E-state index contributed by atoms with van der Waals surface area (Å²) >= 11 is 0. The first-order valence-corrected chi connectivity index (χ1v) is 11.2. The van der Waals surface area contributed by atoms with Crippen molar-refractivity contribution in [2.45, 2.75) is 13.5 Å². The maximum Gasteiger partial charge on any atom is 0.488 e. The molecule has 3 aromatic heterocycles. The van der Waals surface area contributed by atoms with Crippen molar-refractivity contribution >= 4 is 40.9 Å². The molecule has 0 atom stereocenters. The predicted molar refractivity (Wildman–Crippen MR) is 137 cm³/mol. The number of ether oxygens (including phenoxy) is 1. The van der Waals surface area contributed by atoms with E-state index in [1.54, 1.807) is 48.0 Å². The van der Waals surface area contributed by atoms with Crippen molar-refractivity contribution in [2.24, 2.45) is 5.73 Å². The number of rotatable bonds is 7. The highest BCUT2D eigenvalue weighted by Crippen LogP contribution is 2.32. The molecule has 0 aliphatic rings. The van der Waals surface area contributed by atoms with Gasteiger partial charge in [-0.2, -0.15) is 0 Å². The summed E-state index contributed by atoms with van der Waals surface area (Å²) in [7, 11) is 0.0256. The fourth-order valence-corrected chi connectivity index (χ4v) is 4.22. The van der Waals surface area contributed by atoms with Crippen molar-refractivity contribution in [1.29, 1.82) is 0 Å². The van der Waals surface area contributed by atoms with Gasteiger partial charge in [0, 0.05) is 18.1 Å². The molecule has 0 aliphatic carbocycles. The smallest absolute Gasteiger partial charge is 0.488 e. The number of carbonyl (C=O) groups excluding carboxylic acids is 1. The zero-order valence-electron chi connectivity index (χ0n) is 19.6. The Hall–Kier alpha value is -4.48. The van der Waals surface area contributed by atoms with Gasteiger partial charge in [0.25, 0.3) is 5.91 Å². The summed E-state index contributed by atoms with van der Waals surface area (Å²) in [5, 5.41) is 23.1. The first-order valence-electron chi connectivity index (χ1n) is 11.2. The summed E-state index contributed by atoms with van der Waals surface area (Å²) in [6, 6.07) is 15.9. The molecule has 10 nitrogen and oxygen atoms in total. The van der Waals surface area contributed by atoms with E-state index < -0.39 is 13.0 Å². The Morgan fingerprint density at radius 3 is 2.67 bits per heavy atom. The van der Waals surface area contributed by atoms with Gasteiger partial charge < -0.3 is 25.8 Å². The number of nitrogens with zero attached hydrogens (tertiary/aromatic N) is 4. The van der Waals surface area contributed by atoms with Crippen LogP contribution in [0.15, 0.2) is 60.8 Å². The lowest BCUT2D eigenvalue weighted by Crippen LogP contribution is -2.30. The largest absolute Gasteiger partial charge is 0.494 e. The number of methoxy groups -OCH3 is 1. The molecular formula is C25H23BN6O4. The second-order valence-electron chi connectivity index (χ2n) is 8.25. The van der Waals surface area contributed by atoms with Gasteiger partial charge in [-0.1, -0.05) is 30.3 Å². The molecule has 0 saturated carbocycles. The molecule has 5 rings (SSSR count). The lowest BCUT2D eigenvalue weighted by molar-refractivity contribution is 0.100. The monoisotopic (exact) mass is 482 g/mol. The van der Waals surface area contributed by atoms with E-state index in [0.717, 1.165) is 10.9 Å². The van der Waals surface area contributed by atoms with E-state index in [1.807, 2.05) is 31.2 Å². The minimum atomic E-state index is -1.55. The third-order valence-corrected chi connectivity index (χ3v) is 5.92. The van der Waals surface area contributed by atoms with E-state index in [9.17, 15) is 14.8 Å². The van der Waals surface area contributed by atoms with Gasteiger partial charge >= 0.3 is 7.12 Å². The number of nitrogens with two attached hydrogens (primary N) is 1. The molecule has 0 spiro atoms. The molecule has 3 heterocycles. The average molecular weight is 482 g/mol. The van der Waals surface area contributed by atoms with Crippen molar-refractivity contribution in [3.8, 4) is 17.3 Å². The molecule has 0 unspecified atom stereocenters. The Kier molecular flexibility index (Phi) is 6.01. The highest BCUT2D eigenvalue weighted by molar-refractivity contribution is 6.58. The number of hydrogen-bond acceptors (Lipinski definition) is 8. The van der Waals surface area contributed by atoms with Gasteiger partial charge in [-0.25, -0.2) is 15.0 Å². The van der Waals surface area contributed by atoms with E-state index in [4.69, 9.17) is 20.4 Å². The van der Waals surface area contributed by atoms with Crippen molar-refractivity contribution in [3.63, 3.8) is 0 Å². The Bertz CT molecular complexity index is 1620. The molecule has 1 amide bonds. The molecule has 2 aromatic carbocycles. The molecule has 5 N–H and O–H groups in total. The number of carbonyl (C=O) groups is 1. The fourth-order valence-electron chi connectivity index (χ4n) is 4.22. The van der Waals surface area contributed by atoms with E-state index in [2.05, 4.69) is 10.3 Å². The standard InChI is InChI=1S/C25H23BN6O4/c1-14-21(32-11-5-9-18(22(27)33)25(32)29-14)24-30-20-17(8-4-10-19(20)36-2)23(31-24)28-13-15-6-3-7-16(12-15)26(34)35/h3-12,34-35H,13H2,1-2H3,(H2,27,33)(H,28,30,31). The number of nitrogens with one attached hydrogen (secondary N) is 1. The van der Waals surface area contributed by atoms with Gasteiger partial charge in [0.1, 0.15) is 28.4 Å². The predicted octanol–water partition coefficient (Wildman–Crippen LogP) is 1.65. The SMILES string of the molecule is COc1cccc2c(NCc3cccc(B(O)O)c3)nc(-c3c(C)nc4c(C(N)=O)cccn34)nc12. The zero-order valence-corrected chi connectivity index (χ0v) is 19.6. The van der Waals surface area contributed by atoms with Crippen LogP contribution in [0.5, 0.6) is 5.75 Å². The number of para-hydroxylation sites is 1. The average Bonchev–Trinajstić information content (AvgIpc) is 3.22. The van der Waals surface area contributed by atoms with Crippen LogP contribution in [0.4, 0.5) is 5.82 Å². The fraction of sp³-hybridized carbons (Fsp3) is 0.120. The summed E-state index contributed by atoms with van der Waals surface area (Å²) in [5.41, 5.74) is 9.38. The Labute approximate surface area is 206 Å². The Balaban J connectivity index is 1.66. The summed E-state index contributed by atoms with van der Waals surface area (Å²) < 4.78 is 7.32. The van der Waals surface area contributed by atoms with Crippen molar-refractivity contribution < 1.29 is 19.6 Å². The number of fused-ring (bicyclic) bond motifs is 2. The Morgan fingerprint density at radius 1 is 1.11 bits per heavy atom. The molecule has 5 aromatic rings. The second-order valence-corrected chi connectivity index (χ2v) is 8.25. The van der Waals surface area contributed by atoms with Gasteiger partial charge in [-0.05, 0) is 42.2 Å². The second kappa shape index (κ2) is 9.29. The molecule has 11 heteroatoms. The minimum absolute atomic E-state index is 0.300. The van der Waals surface area contributed by atoms with Gasteiger partial charge in [-0.3, -0.25) is 9.20 Å². The van der Waals surface area contributed by atoms with Crippen LogP contribution in [0.1, 0.15) is 21.6 Å². The van der Waals surface area contributed by atoms with Crippen molar-refractivity contribution in [2.75, 3.05) is 12.4 Å². The number of primary amides is 1. The van der Waals surface area contributed by atoms with Gasteiger partial charge in [0.15, 0.2) is 5.82 Å². The van der Waals surface area contributed by atoms with Crippen LogP contribution in [0.3, 0.4) is 0 Å². The number of amides is 1. The van der Waals surface area contributed by atoms with Crippen molar-refractivity contribution in [3.05, 3.63) is 77.6 Å². The van der Waals surface area contributed by atoms with Crippen LogP contribution in [0.25, 0.3) is 28.1 Å². The van der Waals surface area contributed by atoms with Gasteiger partial charge in [0.2, 0.25) is 0 Å². The van der Waals surface area contributed by atoms with E-state index in [-0.39, 0.29) is 0 Å². The number of aromatic nitrogens is 4. The molecule has 0 bridgehead atoms. The third-order valence-electron chi connectivity index (χ3n) is 5.92. The first-order chi connectivity index (χ1) is 17.4. The molecule has 0 radical (unpaired) electrons. The van der Waals surface area contributed by atoms with Gasteiger partial charge in [-0.15, -0.1) is 0 Å². The van der Waals surface area contributed by atoms with Crippen LogP contribution in [-0.2, 0) is 6.54 Å². The first kappa shape index (κ1) is 23.3. The maximum atomic E-state index is 12.0. The molecule has 0 aliphatic heterocycles. The van der Waals surface area contributed by atoms with E-state index in [0.29, 0.717) is 57.5 Å². The summed E-state index contributed by atoms with van der Waals surface area (Å²) in [4.78, 5) is 26.1. The van der Waals surface area contributed by atoms with Crippen LogP contribution < -0.4 is 21.3 Å². The number of hydrogen-bond donors (Lipinski definition) is 4. The normalized spacial score (nSPS) is 11.1. The van der Waals surface area contributed by atoms with Crippen LogP contribution >= 0.6 is 0 Å². The van der Waals surface area contributed by atoms with E-state index >= 15 is 0 Å². The summed E-state index contributed by atoms with van der Waals surface area (Å²) in [6.07, 6.45) is 1.78. The lowest BCUT2D eigenvalue weighted by atomic mass is 9.80.